The number of benzene rings is 1. The molecular weight excluding hydrogens is 335 g/mol. The molecule has 84 valence electrons. The van der Waals surface area contributed by atoms with Crippen LogP contribution >= 0.6 is 22.6 Å². The van der Waals surface area contributed by atoms with E-state index in [2.05, 4.69) is 10.5 Å². The van der Waals surface area contributed by atoms with E-state index in [0.717, 1.165) is 0 Å². The van der Waals surface area contributed by atoms with Gasteiger partial charge in [0.15, 0.2) is 0 Å². The van der Waals surface area contributed by atoms with E-state index in [4.69, 9.17) is 15.6 Å². The van der Waals surface area contributed by atoms with Crippen molar-refractivity contribution in [2.75, 3.05) is 5.43 Å². The van der Waals surface area contributed by atoms with Crippen molar-refractivity contribution in [2.24, 2.45) is 5.10 Å². The fourth-order valence-corrected chi connectivity index (χ4v) is 1.69. The highest BCUT2D eigenvalue weighted by atomic mass is 127. The number of nitrogens with zero attached hydrogens (tertiary/aromatic N) is 3. The molecule has 0 fully saturated rings. The predicted molar refractivity (Wildman–Crippen MR) is 68.4 cm³/mol. The number of hydrogen-bond acceptors (Lipinski definition) is 5. The van der Waals surface area contributed by atoms with Crippen molar-refractivity contribution < 1.29 is 9.90 Å². The maximum atomic E-state index is 10.9. The van der Waals surface area contributed by atoms with Crippen LogP contribution in [0.3, 0.4) is 0 Å². The first-order valence-electron chi connectivity index (χ1n) is 4.26. The SMILES string of the molecule is N#CC(C#N)=NNc1cccc(C(=O)O)c1I. The zero-order valence-corrected chi connectivity index (χ0v) is 10.5. The van der Waals surface area contributed by atoms with Gasteiger partial charge in [-0.25, -0.2) is 4.79 Å². The first-order chi connectivity index (χ1) is 8.10. The van der Waals surface area contributed by atoms with Crippen molar-refractivity contribution in [1.29, 1.82) is 10.5 Å². The van der Waals surface area contributed by atoms with Crippen molar-refractivity contribution in [2.45, 2.75) is 0 Å². The van der Waals surface area contributed by atoms with Gasteiger partial charge in [-0.3, -0.25) is 5.43 Å². The average Bonchev–Trinajstić information content (AvgIpc) is 2.32. The lowest BCUT2D eigenvalue weighted by Gasteiger charge is -2.05. The summed E-state index contributed by atoms with van der Waals surface area (Å²) in [6.07, 6.45) is 0. The summed E-state index contributed by atoms with van der Waals surface area (Å²) < 4.78 is 0.455. The van der Waals surface area contributed by atoms with Gasteiger partial charge < -0.3 is 5.11 Å². The van der Waals surface area contributed by atoms with Gasteiger partial charge in [-0.1, -0.05) is 6.07 Å². The van der Waals surface area contributed by atoms with Crippen LogP contribution in [0, 0.1) is 26.2 Å². The Morgan fingerprint density at radius 3 is 2.59 bits per heavy atom. The van der Waals surface area contributed by atoms with Gasteiger partial charge in [-0.05, 0) is 34.7 Å². The van der Waals surface area contributed by atoms with Crippen LogP contribution in [-0.4, -0.2) is 16.8 Å². The van der Waals surface area contributed by atoms with E-state index in [1.54, 1.807) is 24.3 Å². The molecule has 17 heavy (non-hydrogen) atoms. The second-order valence-electron chi connectivity index (χ2n) is 2.77. The Kier molecular flexibility index (Phi) is 4.43. The third-order valence-electron chi connectivity index (χ3n) is 1.73. The van der Waals surface area contributed by atoms with Crippen LogP contribution in [0.2, 0.25) is 0 Å². The van der Waals surface area contributed by atoms with E-state index in [0.29, 0.717) is 9.26 Å². The van der Waals surface area contributed by atoms with Crippen LogP contribution in [0.5, 0.6) is 0 Å². The highest BCUT2D eigenvalue weighted by Gasteiger charge is 2.11. The highest BCUT2D eigenvalue weighted by Crippen LogP contribution is 2.22. The quantitative estimate of drug-likeness (QED) is 0.495. The average molecular weight is 340 g/mol. The molecule has 0 radical (unpaired) electrons. The second kappa shape index (κ2) is 5.82. The molecule has 1 aromatic carbocycles. The standard InChI is InChI=1S/C10H5IN4O2/c11-9-7(10(16)17)2-1-3-8(9)15-14-6(4-12)5-13/h1-3,15H,(H,16,17). The largest absolute Gasteiger partial charge is 0.478 e. The van der Waals surface area contributed by atoms with E-state index in [1.165, 1.54) is 6.07 Å². The number of rotatable bonds is 3. The van der Waals surface area contributed by atoms with Crippen LogP contribution in [0.25, 0.3) is 0 Å². The highest BCUT2D eigenvalue weighted by molar-refractivity contribution is 14.1. The summed E-state index contributed by atoms with van der Waals surface area (Å²) in [5.74, 6) is -1.05. The molecule has 0 amide bonds. The van der Waals surface area contributed by atoms with Gasteiger partial charge in [0.2, 0.25) is 5.71 Å². The number of hydrazone groups is 1. The monoisotopic (exact) mass is 340 g/mol. The van der Waals surface area contributed by atoms with Crippen LogP contribution in [0.15, 0.2) is 23.3 Å². The van der Waals surface area contributed by atoms with Crippen LogP contribution < -0.4 is 5.43 Å². The minimum Gasteiger partial charge on any atom is -0.478 e. The molecule has 0 unspecified atom stereocenters. The van der Waals surface area contributed by atoms with Gasteiger partial charge in [0.1, 0.15) is 12.1 Å². The lowest BCUT2D eigenvalue weighted by Crippen LogP contribution is -2.03. The summed E-state index contributed by atoms with van der Waals surface area (Å²) in [6.45, 7) is 0. The summed E-state index contributed by atoms with van der Waals surface area (Å²) in [5.41, 5.74) is 2.70. The Morgan fingerprint density at radius 1 is 1.41 bits per heavy atom. The summed E-state index contributed by atoms with van der Waals surface area (Å²) in [4.78, 5) is 10.9. The number of aromatic carboxylic acids is 1. The summed E-state index contributed by atoms with van der Waals surface area (Å²) in [7, 11) is 0. The first kappa shape index (κ1) is 12.9. The zero-order valence-electron chi connectivity index (χ0n) is 8.31. The van der Waals surface area contributed by atoms with Gasteiger partial charge in [-0.2, -0.15) is 15.6 Å². The predicted octanol–water partition coefficient (Wildman–Crippen LogP) is 1.80. The Bertz CT molecular complexity index is 553. The van der Waals surface area contributed by atoms with Gasteiger partial charge in [-0.15, -0.1) is 0 Å². The Hall–Kier alpha value is -2.13. The Labute approximate surface area is 110 Å². The molecule has 0 aliphatic rings. The minimum atomic E-state index is -1.05. The lowest BCUT2D eigenvalue weighted by molar-refractivity contribution is 0.0696. The van der Waals surface area contributed by atoms with Gasteiger partial charge in [0.25, 0.3) is 0 Å². The van der Waals surface area contributed by atoms with Crippen molar-refractivity contribution in [1.82, 2.24) is 0 Å². The molecular formula is C10H5IN4O2. The summed E-state index contributed by atoms with van der Waals surface area (Å²) >= 11 is 1.85. The molecule has 0 aromatic heterocycles. The number of carboxylic acid groups (broad SMARTS) is 1. The number of carboxylic acids is 1. The number of nitriles is 2. The molecule has 1 rings (SSSR count). The third-order valence-corrected chi connectivity index (χ3v) is 2.89. The zero-order chi connectivity index (χ0) is 12.8. The van der Waals surface area contributed by atoms with E-state index >= 15 is 0 Å². The molecule has 7 heteroatoms. The number of carbonyl (C=O) groups is 1. The molecule has 2 N–H and O–H groups in total. The fraction of sp³-hybridized carbons (Fsp3) is 0. The van der Waals surface area contributed by atoms with Gasteiger partial charge >= 0.3 is 5.97 Å². The van der Waals surface area contributed by atoms with Gasteiger partial charge in [0, 0.05) is 0 Å². The topological polar surface area (TPSA) is 109 Å². The smallest absolute Gasteiger partial charge is 0.336 e. The Morgan fingerprint density at radius 2 is 2.06 bits per heavy atom. The summed E-state index contributed by atoms with van der Waals surface area (Å²) in [5, 5.41) is 29.4. The fourth-order valence-electron chi connectivity index (χ4n) is 0.975. The van der Waals surface area contributed by atoms with Gasteiger partial charge in [0.05, 0.1) is 14.8 Å². The molecule has 0 heterocycles. The number of halogens is 1. The van der Waals surface area contributed by atoms with Crippen LogP contribution in [-0.2, 0) is 0 Å². The van der Waals surface area contributed by atoms with Crippen molar-refractivity contribution in [3.8, 4) is 12.1 Å². The van der Waals surface area contributed by atoms with E-state index in [9.17, 15) is 4.79 Å². The first-order valence-corrected chi connectivity index (χ1v) is 5.33. The van der Waals surface area contributed by atoms with Crippen molar-refractivity contribution in [3.05, 3.63) is 27.3 Å². The van der Waals surface area contributed by atoms with E-state index in [1.807, 2.05) is 22.6 Å². The van der Waals surface area contributed by atoms with E-state index < -0.39 is 5.97 Å². The molecule has 0 aliphatic carbocycles. The molecule has 6 nitrogen and oxygen atoms in total. The molecule has 0 saturated carbocycles. The molecule has 0 saturated heterocycles. The van der Waals surface area contributed by atoms with Crippen molar-refractivity contribution in [3.63, 3.8) is 0 Å². The molecule has 0 bridgehead atoms. The third kappa shape index (κ3) is 3.16. The van der Waals surface area contributed by atoms with Crippen LogP contribution in [0.1, 0.15) is 10.4 Å². The number of nitrogens with one attached hydrogen (secondary N) is 1. The summed E-state index contributed by atoms with van der Waals surface area (Å²) in [6, 6.07) is 7.77. The minimum absolute atomic E-state index is 0.126. The van der Waals surface area contributed by atoms with Crippen molar-refractivity contribution >= 4 is 40.0 Å². The number of hydrogen-bond donors (Lipinski definition) is 2. The maximum absolute atomic E-state index is 10.9. The maximum Gasteiger partial charge on any atom is 0.336 e. The molecule has 0 atom stereocenters. The molecule has 0 spiro atoms. The normalized spacial score (nSPS) is 8.65. The molecule has 0 aliphatic heterocycles. The number of anilines is 1. The van der Waals surface area contributed by atoms with E-state index in [-0.39, 0.29) is 11.3 Å². The Balaban J connectivity index is 3.07. The lowest BCUT2D eigenvalue weighted by atomic mass is 10.2. The van der Waals surface area contributed by atoms with Crippen LogP contribution in [0.4, 0.5) is 5.69 Å². The second-order valence-corrected chi connectivity index (χ2v) is 3.85. The molecule has 1 aromatic rings.